The zero-order chi connectivity index (χ0) is 40.3. The van der Waals surface area contributed by atoms with Crippen LogP contribution < -0.4 is 4.90 Å². The molecule has 0 amide bonds. The van der Waals surface area contributed by atoms with Gasteiger partial charge in [-0.25, -0.2) is 0 Å². The molecule has 0 atom stereocenters. The van der Waals surface area contributed by atoms with Gasteiger partial charge in [0.05, 0.1) is 16.7 Å². The van der Waals surface area contributed by atoms with E-state index >= 15 is 0 Å². The summed E-state index contributed by atoms with van der Waals surface area (Å²) in [4.78, 5) is 2.40. The van der Waals surface area contributed by atoms with Gasteiger partial charge in [0.2, 0.25) is 0 Å². The van der Waals surface area contributed by atoms with E-state index in [1.54, 1.807) is 0 Å². The number of anilines is 3. The van der Waals surface area contributed by atoms with Gasteiger partial charge in [0.1, 0.15) is 0 Å². The number of thiophene rings is 1. The standard InChI is InChI=1S/C58H38N2S/c1-2-14-41-35-44(28-27-39(41)13-1)43-16-12-18-47(37-43)59(48-33-34-58-53(38-48)52-22-6-10-26-57(52)61-58)46-31-29-40(30-32-46)42-15-11-17-45(36-42)49-19-3-7-23-54(49)60-55-24-8-4-20-50(55)51-21-5-9-25-56(51)60/h1-38H. The predicted molar refractivity (Wildman–Crippen MR) is 262 cm³/mol. The lowest BCUT2D eigenvalue weighted by Crippen LogP contribution is -2.10. The number of fused-ring (bicyclic) bond motifs is 7. The molecule has 0 fully saturated rings. The molecule has 0 aliphatic heterocycles. The van der Waals surface area contributed by atoms with E-state index in [1.807, 2.05) is 11.3 Å². The molecule has 2 heterocycles. The molecule has 286 valence electrons. The maximum Gasteiger partial charge on any atom is 0.0541 e. The molecule has 0 spiro atoms. The number of para-hydroxylation sites is 3. The maximum atomic E-state index is 2.42. The van der Waals surface area contributed by atoms with Crippen LogP contribution in [0.1, 0.15) is 0 Å². The zero-order valence-corrected chi connectivity index (χ0v) is 34.1. The first-order chi connectivity index (χ1) is 30.2. The first-order valence-electron chi connectivity index (χ1n) is 20.8. The lowest BCUT2D eigenvalue weighted by Gasteiger charge is -2.26. The summed E-state index contributed by atoms with van der Waals surface area (Å²) in [6.45, 7) is 0. The number of rotatable bonds is 7. The van der Waals surface area contributed by atoms with E-state index in [2.05, 4.69) is 240 Å². The van der Waals surface area contributed by atoms with Gasteiger partial charge >= 0.3 is 0 Å². The van der Waals surface area contributed by atoms with Crippen LogP contribution in [-0.2, 0) is 0 Å². The van der Waals surface area contributed by atoms with Crippen LogP contribution in [0.3, 0.4) is 0 Å². The Balaban J connectivity index is 0.952. The van der Waals surface area contributed by atoms with Crippen LogP contribution in [0.25, 0.3) is 91.8 Å². The Morgan fingerprint density at radius 1 is 0.311 bits per heavy atom. The molecule has 0 aliphatic carbocycles. The first-order valence-corrected chi connectivity index (χ1v) is 21.6. The minimum absolute atomic E-state index is 1.10. The average molecular weight is 795 g/mol. The smallest absolute Gasteiger partial charge is 0.0541 e. The van der Waals surface area contributed by atoms with Crippen molar-refractivity contribution < 1.29 is 0 Å². The molecule has 61 heavy (non-hydrogen) atoms. The fraction of sp³-hybridized carbons (Fsp3) is 0. The van der Waals surface area contributed by atoms with Gasteiger partial charge in [-0.2, -0.15) is 0 Å². The summed E-state index contributed by atoms with van der Waals surface area (Å²) in [7, 11) is 0. The number of hydrogen-bond acceptors (Lipinski definition) is 2. The SMILES string of the molecule is c1cc(-c2ccc(N(c3cccc(-c4ccc5ccccc5c4)c3)c3ccc4sc5ccccc5c4c3)cc2)cc(-c2ccccc2-n2c3ccccc3c3ccccc32)c1. The molecule has 2 aromatic heterocycles. The fourth-order valence-corrected chi connectivity index (χ4v) is 10.3. The van der Waals surface area contributed by atoms with Crippen LogP contribution in [-0.4, -0.2) is 4.57 Å². The van der Waals surface area contributed by atoms with Crippen molar-refractivity contribution in [2.45, 2.75) is 0 Å². The van der Waals surface area contributed by atoms with Crippen LogP contribution in [0, 0.1) is 0 Å². The Bertz CT molecular complexity index is 3560. The second-order valence-corrected chi connectivity index (χ2v) is 16.8. The molecule has 0 saturated heterocycles. The van der Waals surface area contributed by atoms with Crippen LogP contribution in [0.15, 0.2) is 231 Å². The monoisotopic (exact) mass is 794 g/mol. The van der Waals surface area contributed by atoms with Crippen LogP contribution in [0.2, 0.25) is 0 Å². The van der Waals surface area contributed by atoms with Crippen molar-refractivity contribution >= 4 is 81.1 Å². The predicted octanol–water partition coefficient (Wildman–Crippen LogP) is 16.8. The third-order valence-corrected chi connectivity index (χ3v) is 13.3. The quantitative estimate of drug-likeness (QED) is 0.156. The molecular weight excluding hydrogens is 757 g/mol. The summed E-state index contributed by atoms with van der Waals surface area (Å²) in [5.41, 5.74) is 14.0. The van der Waals surface area contributed by atoms with Gasteiger partial charge in [-0.15, -0.1) is 11.3 Å². The molecule has 0 saturated carbocycles. The average Bonchev–Trinajstić information content (AvgIpc) is 3.87. The second-order valence-electron chi connectivity index (χ2n) is 15.7. The third kappa shape index (κ3) is 6.09. The zero-order valence-electron chi connectivity index (χ0n) is 33.2. The van der Waals surface area contributed by atoms with Crippen molar-refractivity contribution in [1.29, 1.82) is 0 Å². The molecular formula is C58H38N2S. The summed E-state index contributed by atoms with van der Waals surface area (Å²) in [6.07, 6.45) is 0. The largest absolute Gasteiger partial charge is 0.310 e. The number of benzene rings is 10. The molecule has 2 nitrogen and oxygen atoms in total. The van der Waals surface area contributed by atoms with Gasteiger partial charge in [-0.1, -0.05) is 152 Å². The highest BCUT2D eigenvalue weighted by atomic mass is 32.1. The lowest BCUT2D eigenvalue weighted by atomic mass is 9.97. The molecule has 0 bridgehead atoms. The highest BCUT2D eigenvalue weighted by Gasteiger charge is 2.18. The van der Waals surface area contributed by atoms with Crippen molar-refractivity contribution in [2.75, 3.05) is 4.90 Å². The molecule has 0 radical (unpaired) electrons. The minimum atomic E-state index is 1.10. The van der Waals surface area contributed by atoms with E-state index in [1.165, 1.54) is 91.8 Å². The Morgan fingerprint density at radius 2 is 0.885 bits per heavy atom. The van der Waals surface area contributed by atoms with Crippen molar-refractivity contribution in [3.05, 3.63) is 231 Å². The lowest BCUT2D eigenvalue weighted by molar-refractivity contribution is 1.18. The van der Waals surface area contributed by atoms with E-state index < -0.39 is 0 Å². The van der Waals surface area contributed by atoms with Gasteiger partial charge in [-0.3, -0.25) is 0 Å². The van der Waals surface area contributed by atoms with Gasteiger partial charge in [0, 0.05) is 53.6 Å². The molecule has 0 N–H and O–H groups in total. The summed E-state index contributed by atoms with van der Waals surface area (Å²) < 4.78 is 5.02. The first kappa shape index (κ1) is 35.2. The van der Waals surface area contributed by atoms with E-state index in [0.29, 0.717) is 0 Å². The minimum Gasteiger partial charge on any atom is -0.310 e. The molecule has 0 aliphatic rings. The summed E-state index contributed by atoms with van der Waals surface area (Å²) in [5.74, 6) is 0. The van der Waals surface area contributed by atoms with Crippen LogP contribution in [0.5, 0.6) is 0 Å². The Hall–Kier alpha value is -7.72. The Kier molecular flexibility index (Phi) is 8.39. The summed E-state index contributed by atoms with van der Waals surface area (Å²) in [5, 5.41) is 7.59. The Morgan fingerprint density at radius 3 is 1.70 bits per heavy atom. The molecule has 0 unspecified atom stereocenters. The van der Waals surface area contributed by atoms with Gasteiger partial charge in [0.15, 0.2) is 0 Å². The highest BCUT2D eigenvalue weighted by molar-refractivity contribution is 7.25. The van der Waals surface area contributed by atoms with E-state index in [4.69, 9.17) is 0 Å². The van der Waals surface area contributed by atoms with Crippen molar-refractivity contribution in [2.24, 2.45) is 0 Å². The number of hydrogen-bond donors (Lipinski definition) is 0. The van der Waals surface area contributed by atoms with Gasteiger partial charge < -0.3 is 9.47 Å². The second kappa shape index (κ2) is 14.5. The molecule has 3 heteroatoms. The molecule has 12 rings (SSSR count). The fourth-order valence-electron chi connectivity index (χ4n) is 9.26. The topological polar surface area (TPSA) is 8.17 Å². The van der Waals surface area contributed by atoms with Crippen LogP contribution >= 0.6 is 11.3 Å². The number of nitrogens with zero attached hydrogens (tertiary/aromatic N) is 2. The number of aromatic nitrogens is 1. The van der Waals surface area contributed by atoms with Crippen molar-refractivity contribution in [3.63, 3.8) is 0 Å². The van der Waals surface area contributed by atoms with Gasteiger partial charge in [-0.05, 0) is 117 Å². The van der Waals surface area contributed by atoms with E-state index in [0.717, 1.165) is 17.1 Å². The maximum absolute atomic E-state index is 2.42. The van der Waals surface area contributed by atoms with E-state index in [-0.39, 0.29) is 0 Å². The van der Waals surface area contributed by atoms with Crippen molar-refractivity contribution in [3.8, 4) is 39.1 Å². The summed E-state index contributed by atoms with van der Waals surface area (Å²) >= 11 is 1.85. The Labute approximate surface area is 358 Å². The van der Waals surface area contributed by atoms with Crippen molar-refractivity contribution in [1.82, 2.24) is 4.57 Å². The summed E-state index contributed by atoms with van der Waals surface area (Å²) in [6, 6.07) is 84.2. The third-order valence-electron chi connectivity index (χ3n) is 12.2. The molecule has 12 aromatic rings. The highest BCUT2D eigenvalue weighted by Crippen LogP contribution is 2.43. The van der Waals surface area contributed by atoms with Crippen LogP contribution in [0.4, 0.5) is 17.1 Å². The van der Waals surface area contributed by atoms with E-state index in [9.17, 15) is 0 Å². The van der Waals surface area contributed by atoms with Gasteiger partial charge in [0.25, 0.3) is 0 Å². The normalized spacial score (nSPS) is 11.6. The molecule has 10 aromatic carbocycles.